The number of halogens is 2. The highest BCUT2D eigenvalue weighted by molar-refractivity contribution is 5.85. The molecule has 0 saturated carbocycles. The van der Waals surface area contributed by atoms with Crippen molar-refractivity contribution in [2.24, 2.45) is 0 Å². The van der Waals surface area contributed by atoms with Crippen LogP contribution in [-0.2, 0) is 6.54 Å². The molecule has 1 aliphatic rings. The number of hydrogen-bond donors (Lipinski definition) is 1. The molecule has 0 spiro atoms. The summed E-state index contributed by atoms with van der Waals surface area (Å²) in [6.45, 7) is 6.04. The lowest BCUT2D eigenvalue weighted by Crippen LogP contribution is -2.45. The highest BCUT2D eigenvalue weighted by Crippen LogP contribution is 1.92. The zero-order valence-corrected chi connectivity index (χ0v) is 11.3. The number of nitrogens with zero attached hydrogens (tertiary/aromatic N) is 2. The zero-order valence-electron chi connectivity index (χ0n) is 9.67. The van der Waals surface area contributed by atoms with E-state index in [1.807, 2.05) is 12.3 Å². The molecule has 1 saturated heterocycles. The summed E-state index contributed by atoms with van der Waals surface area (Å²) in [6.07, 6.45) is 1.85. The topological polar surface area (TPSA) is 37.3 Å². The van der Waals surface area contributed by atoms with E-state index in [4.69, 9.17) is 0 Å². The SMILES string of the molecule is Cl.Cl.O=c1ccccn1CCN1CCNCC1. The summed E-state index contributed by atoms with van der Waals surface area (Å²) in [6, 6.07) is 5.29. The minimum absolute atomic E-state index is 0. The Kier molecular flexibility index (Phi) is 8.25. The van der Waals surface area contributed by atoms with Crippen LogP contribution in [-0.4, -0.2) is 42.2 Å². The quantitative estimate of drug-likeness (QED) is 0.881. The number of pyridine rings is 1. The van der Waals surface area contributed by atoms with Crippen LogP contribution in [0.15, 0.2) is 29.2 Å². The van der Waals surface area contributed by atoms with Gasteiger partial charge in [-0.25, -0.2) is 0 Å². The largest absolute Gasteiger partial charge is 0.314 e. The van der Waals surface area contributed by atoms with E-state index < -0.39 is 0 Å². The van der Waals surface area contributed by atoms with E-state index in [0.29, 0.717) is 0 Å². The predicted molar refractivity (Wildman–Crippen MR) is 74.5 cm³/mol. The standard InChI is InChI=1S/C11H17N3O.2ClH/c15-11-3-1-2-6-14(11)10-9-13-7-4-12-5-8-13;;/h1-3,6,12H,4-5,7-10H2;2*1H. The third-order valence-corrected chi connectivity index (χ3v) is 2.77. The molecule has 0 atom stereocenters. The number of rotatable bonds is 3. The normalized spacial score (nSPS) is 15.8. The average Bonchev–Trinajstić information content (AvgIpc) is 2.29. The Labute approximate surface area is 114 Å². The molecule has 0 bridgehead atoms. The molecule has 0 radical (unpaired) electrons. The lowest BCUT2D eigenvalue weighted by atomic mass is 10.3. The maximum absolute atomic E-state index is 11.4. The average molecular weight is 280 g/mol. The van der Waals surface area contributed by atoms with Gasteiger partial charge in [-0.15, -0.1) is 24.8 Å². The van der Waals surface area contributed by atoms with Gasteiger partial charge in [0.1, 0.15) is 0 Å². The number of nitrogens with one attached hydrogen (secondary N) is 1. The van der Waals surface area contributed by atoms with Crippen LogP contribution >= 0.6 is 24.8 Å². The monoisotopic (exact) mass is 279 g/mol. The summed E-state index contributed by atoms with van der Waals surface area (Å²) < 4.78 is 1.77. The summed E-state index contributed by atoms with van der Waals surface area (Å²) in [7, 11) is 0. The second-order valence-corrected chi connectivity index (χ2v) is 3.82. The van der Waals surface area contributed by atoms with Gasteiger partial charge in [0, 0.05) is 51.5 Å². The van der Waals surface area contributed by atoms with Crippen LogP contribution in [0.3, 0.4) is 0 Å². The van der Waals surface area contributed by atoms with Crippen molar-refractivity contribution >= 4 is 24.8 Å². The Morgan fingerprint density at radius 3 is 2.47 bits per heavy atom. The molecule has 1 fully saturated rings. The Morgan fingerprint density at radius 1 is 1.12 bits per heavy atom. The molecule has 1 N–H and O–H groups in total. The maximum Gasteiger partial charge on any atom is 0.250 e. The van der Waals surface area contributed by atoms with Gasteiger partial charge in [-0.2, -0.15) is 0 Å². The van der Waals surface area contributed by atoms with E-state index in [-0.39, 0.29) is 30.4 Å². The van der Waals surface area contributed by atoms with Crippen LogP contribution in [0.1, 0.15) is 0 Å². The van der Waals surface area contributed by atoms with Gasteiger partial charge in [0.25, 0.3) is 5.56 Å². The van der Waals surface area contributed by atoms with Crippen molar-refractivity contribution in [2.45, 2.75) is 6.54 Å². The third-order valence-electron chi connectivity index (χ3n) is 2.77. The molecule has 98 valence electrons. The van der Waals surface area contributed by atoms with Crippen LogP contribution < -0.4 is 10.9 Å². The molecule has 2 rings (SSSR count). The van der Waals surface area contributed by atoms with Gasteiger partial charge in [-0.3, -0.25) is 9.69 Å². The van der Waals surface area contributed by atoms with Crippen molar-refractivity contribution in [1.82, 2.24) is 14.8 Å². The molecule has 1 aliphatic heterocycles. The third kappa shape index (κ3) is 5.08. The fraction of sp³-hybridized carbons (Fsp3) is 0.545. The van der Waals surface area contributed by atoms with Gasteiger partial charge >= 0.3 is 0 Å². The van der Waals surface area contributed by atoms with Crippen molar-refractivity contribution in [1.29, 1.82) is 0 Å². The van der Waals surface area contributed by atoms with Crippen molar-refractivity contribution in [2.75, 3.05) is 32.7 Å². The summed E-state index contributed by atoms with van der Waals surface area (Å²) in [5, 5.41) is 3.31. The summed E-state index contributed by atoms with van der Waals surface area (Å²) in [4.78, 5) is 13.8. The van der Waals surface area contributed by atoms with Crippen LogP contribution in [0.25, 0.3) is 0 Å². The molecule has 4 nitrogen and oxygen atoms in total. The molecule has 1 aromatic heterocycles. The fourth-order valence-electron chi connectivity index (χ4n) is 1.83. The summed E-state index contributed by atoms with van der Waals surface area (Å²) in [5.74, 6) is 0. The van der Waals surface area contributed by atoms with Gasteiger partial charge in [0.2, 0.25) is 0 Å². The van der Waals surface area contributed by atoms with E-state index in [2.05, 4.69) is 10.2 Å². The van der Waals surface area contributed by atoms with E-state index in [0.717, 1.165) is 39.3 Å². The summed E-state index contributed by atoms with van der Waals surface area (Å²) in [5.41, 5.74) is 0.0904. The molecule has 0 unspecified atom stereocenters. The Hall–Kier alpha value is -0.550. The highest BCUT2D eigenvalue weighted by atomic mass is 35.5. The van der Waals surface area contributed by atoms with E-state index in [9.17, 15) is 4.79 Å². The fourth-order valence-corrected chi connectivity index (χ4v) is 1.83. The highest BCUT2D eigenvalue weighted by Gasteiger charge is 2.08. The Morgan fingerprint density at radius 2 is 1.82 bits per heavy atom. The molecular weight excluding hydrogens is 261 g/mol. The first-order chi connectivity index (χ1) is 7.36. The molecule has 0 aliphatic carbocycles. The first-order valence-electron chi connectivity index (χ1n) is 5.45. The second kappa shape index (κ2) is 8.53. The molecule has 6 heteroatoms. The van der Waals surface area contributed by atoms with E-state index in [1.54, 1.807) is 16.7 Å². The zero-order chi connectivity index (χ0) is 10.5. The molecule has 17 heavy (non-hydrogen) atoms. The van der Waals surface area contributed by atoms with Crippen molar-refractivity contribution in [3.05, 3.63) is 34.7 Å². The molecule has 0 aromatic carbocycles. The van der Waals surface area contributed by atoms with Gasteiger partial charge < -0.3 is 9.88 Å². The first kappa shape index (κ1) is 16.4. The first-order valence-corrected chi connectivity index (χ1v) is 5.45. The smallest absolute Gasteiger partial charge is 0.250 e. The van der Waals surface area contributed by atoms with Crippen molar-refractivity contribution in [3.63, 3.8) is 0 Å². The molecular formula is C11H19Cl2N3O. The lowest BCUT2D eigenvalue weighted by molar-refractivity contribution is 0.231. The van der Waals surface area contributed by atoms with Crippen LogP contribution in [0, 0.1) is 0 Å². The van der Waals surface area contributed by atoms with Gasteiger partial charge in [0.05, 0.1) is 0 Å². The van der Waals surface area contributed by atoms with Gasteiger partial charge in [0.15, 0.2) is 0 Å². The number of piperazine rings is 1. The van der Waals surface area contributed by atoms with Crippen molar-refractivity contribution in [3.8, 4) is 0 Å². The van der Waals surface area contributed by atoms with Crippen molar-refractivity contribution < 1.29 is 0 Å². The molecule has 1 aromatic rings. The Bertz CT molecular complexity index is 364. The number of aromatic nitrogens is 1. The number of hydrogen-bond acceptors (Lipinski definition) is 3. The van der Waals surface area contributed by atoms with Gasteiger partial charge in [-0.1, -0.05) is 6.07 Å². The summed E-state index contributed by atoms with van der Waals surface area (Å²) >= 11 is 0. The minimum Gasteiger partial charge on any atom is -0.314 e. The van der Waals surface area contributed by atoms with E-state index in [1.165, 1.54) is 0 Å². The minimum atomic E-state index is 0. The van der Waals surface area contributed by atoms with Crippen LogP contribution in [0.4, 0.5) is 0 Å². The lowest BCUT2D eigenvalue weighted by Gasteiger charge is -2.27. The Balaban J connectivity index is 0.00000128. The molecule has 0 amide bonds. The van der Waals surface area contributed by atoms with E-state index >= 15 is 0 Å². The van der Waals surface area contributed by atoms with Crippen LogP contribution in [0.5, 0.6) is 0 Å². The second-order valence-electron chi connectivity index (χ2n) is 3.82. The predicted octanol–water partition coefficient (Wildman–Crippen LogP) is 0.597. The maximum atomic E-state index is 11.4. The van der Waals surface area contributed by atoms with Crippen LogP contribution in [0.2, 0.25) is 0 Å². The molecule has 2 heterocycles. The van der Waals surface area contributed by atoms with Gasteiger partial charge in [-0.05, 0) is 6.07 Å².